The Morgan fingerprint density at radius 3 is 2.50 bits per heavy atom. The molecule has 7 heteroatoms. The van der Waals surface area contributed by atoms with Crippen molar-refractivity contribution in [3.63, 3.8) is 0 Å². The highest BCUT2D eigenvalue weighted by molar-refractivity contribution is 7.89. The summed E-state index contributed by atoms with van der Waals surface area (Å²) in [6.07, 6.45) is -0.110. The third-order valence-electron chi connectivity index (χ3n) is 2.66. The molecule has 0 spiro atoms. The molecule has 0 bridgehead atoms. The third-order valence-corrected chi connectivity index (χ3v) is 4.35. The van der Waals surface area contributed by atoms with Crippen molar-refractivity contribution in [2.45, 2.75) is 37.6 Å². The normalized spacial score (nSPS) is 11.9. The van der Waals surface area contributed by atoms with Gasteiger partial charge < -0.3 is 5.73 Å². The highest BCUT2D eigenvalue weighted by Crippen LogP contribution is 2.18. The number of amides is 1. The molecule has 20 heavy (non-hydrogen) atoms. The van der Waals surface area contributed by atoms with Crippen LogP contribution in [-0.2, 0) is 14.8 Å². The maximum Gasteiger partial charge on any atom is 0.241 e. The van der Waals surface area contributed by atoms with E-state index >= 15 is 0 Å². The fourth-order valence-corrected chi connectivity index (χ4v) is 3.32. The molecule has 0 saturated heterocycles. The Balaban J connectivity index is 3.09. The standard InChI is InChI=1S/C13H17N3O3S/c1-9-6-11(5-4-10(9)8-14)20(18,19)16-13(2,3)7-12(15)17/h4-6,16H,7H2,1-3H3,(H2,15,17). The van der Waals surface area contributed by atoms with Crippen LogP contribution in [0.25, 0.3) is 0 Å². The maximum atomic E-state index is 12.2. The first-order valence-corrected chi connectivity index (χ1v) is 7.39. The van der Waals surface area contributed by atoms with Gasteiger partial charge in [0.2, 0.25) is 15.9 Å². The first-order valence-electron chi connectivity index (χ1n) is 5.90. The van der Waals surface area contributed by atoms with E-state index in [0.29, 0.717) is 11.1 Å². The molecule has 0 atom stereocenters. The van der Waals surface area contributed by atoms with Crippen LogP contribution in [0.3, 0.4) is 0 Å². The maximum absolute atomic E-state index is 12.2. The van der Waals surface area contributed by atoms with Crippen molar-refractivity contribution in [3.05, 3.63) is 29.3 Å². The van der Waals surface area contributed by atoms with Crippen LogP contribution in [-0.4, -0.2) is 19.9 Å². The van der Waals surface area contributed by atoms with Gasteiger partial charge in [-0.25, -0.2) is 13.1 Å². The summed E-state index contributed by atoms with van der Waals surface area (Å²) in [6.45, 7) is 4.81. The molecular formula is C13H17N3O3S. The lowest BCUT2D eigenvalue weighted by molar-refractivity contribution is -0.119. The van der Waals surface area contributed by atoms with Gasteiger partial charge in [0.25, 0.3) is 0 Å². The van der Waals surface area contributed by atoms with Crippen LogP contribution >= 0.6 is 0 Å². The molecule has 6 nitrogen and oxygen atoms in total. The molecule has 0 fully saturated rings. The Bertz CT molecular complexity index is 673. The van der Waals surface area contributed by atoms with Gasteiger partial charge in [-0.2, -0.15) is 5.26 Å². The Labute approximate surface area is 118 Å². The molecule has 0 aliphatic heterocycles. The summed E-state index contributed by atoms with van der Waals surface area (Å²) in [4.78, 5) is 11.0. The molecule has 108 valence electrons. The minimum Gasteiger partial charge on any atom is -0.370 e. The monoisotopic (exact) mass is 295 g/mol. The number of primary amides is 1. The van der Waals surface area contributed by atoms with Crippen molar-refractivity contribution >= 4 is 15.9 Å². The van der Waals surface area contributed by atoms with Crippen molar-refractivity contribution in [1.82, 2.24) is 4.72 Å². The summed E-state index contributed by atoms with van der Waals surface area (Å²) < 4.78 is 26.9. The summed E-state index contributed by atoms with van der Waals surface area (Å²) in [7, 11) is -3.78. The second kappa shape index (κ2) is 5.61. The van der Waals surface area contributed by atoms with Gasteiger partial charge in [-0.3, -0.25) is 4.79 Å². The Hall–Kier alpha value is -1.91. The van der Waals surface area contributed by atoms with Crippen LogP contribution in [0.4, 0.5) is 0 Å². The fraction of sp³-hybridized carbons (Fsp3) is 0.385. The van der Waals surface area contributed by atoms with Crippen LogP contribution in [0.1, 0.15) is 31.4 Å². The smallest absolute Gasteiger partial charge is 0.241 e. The second-order valence-electron chi connectivity index (χ2n) is 5.22. The van der Waals surface area contributed by atoms with E-state index in [4.69, 9.17) is 11.0 Å². The predicted molar refractivity (Wildman–Crippen MR) is 74.1 cm³/mol. The number of carbonyl (C=O) groups excluding carboxylic acids is 1. The van der Waals surface area contributed by atoms with Crippen molar-refractivity contribution in [3.8, 4) is 6.07 Å². The lowest BCUT2D eigenvalue weighted by Gasteiger charge is -2.24. The molecule has 1 aromatic carbocycles. The average molecular weight is 295 g/mol. The first kappa shape index (κ1) is 16.1. The van der Waals surface area contributed by atoms with E-state index in [-0.39, 0.29) is 11.3 Å². The van der Waals surface area contributed by atoms with Crippen LogP contribution in [0.2, 0.25) is 0 Å². The van der Waals surface area contributed by atoms with E-state index in [0.717, 1.165) is 0 Å². The summed E-state index contributed by atoms with van der Waals surface area (Å²) in [5, 5.41) is 8.83. The minimum absolute atomic E-state index is 0.0477. The number of sulfonamides is 1. The van der Waals surface area contributed by atoms with Gasteiger partial charge in [-0.1, -0.05) is 0 Å². The average Bonchev–Trinajstić information content (AvgIpc) is 2.25. The molecule has 0 radical (unpaired) electrons. The van der Waals surface area contributed by atoms with Crippen molar-refractivity contribution < 1.29 is 13.2 Å². The summed E-state index contributed by atoms with van der Waals surface area (Å²) in [5.41, 5.74) is 5.10. The van der Waals surface area contributed by atoms with Crippen molar-refractivity contribution in [1.29, 1.82) is 5.26 Å². The molecule has 0 aliphatic rings. The van der Waals surface area contributed by atoms with Gasteiger partial charge in [0.15, 0.2) is 0 Å². The minimum atomic E-state index is -3.78. The molecule has 0 aliphatic carbocycles. The van der Waals surface area contributed by atoms with Gasteiger partial charge >= 0.3 is 0 Å². The van der Waals surface area contributed by atoms with Crippen LogP contribution < -0.4 is 10.5 Å². The SMILES string of the molecule is Cc1cc(S(=O)(=O)NC(C)(C)CC(N)=O)ccc1C#N. The lowest BCUT2D eigenvalue weighted by atomic mass is 10.0. The number of carbonyl (C=O) groups is 1. The van der Waals surface area contributed by atoms with Crippen LogP contribution in [0.5, 0.6) is 0 Å². The van der Waals surface area contributed by atoms with Gasteiger partial charge in [0.1, 0.15) is 0 Å². The van der Waals surface area contributed by atoms with Gasteiger partial charge in [0, 0.05) is 12.0 Å². The van der Waals surface area contributed by atoms with Gasteiger partial charge in [-0.05, 0) is 44.5 Å². The zero-order valence-corrected chi connectivity index (χ0v) is 12.4. The van der Waals surface area contributed by atoms with Crippen LogP contribution in [0, 0.1) is 18.3 Å². The first-order chi connectivity index (χ1) is 9.07. The number of hydrogen-bond donors (Lipinski definition) is 2. The number of nitrogens with one attached hydrogen (secondary N) is 1. The molecule has 3 N–H and O–H groups in total. The predicted octanol–water partition coefficient (Wildman–Crippen LogP) is 0.799. The molecule has 0 unspecified atom stereocenters. The largest absolute Gasteiger partial charge is 0.370 e. The molecule has 0 heterocycles. The third kappa shape index (κ3) is 4.05. The van der Waals surface area contributed by atoms with Crippen molar-refractivity contribution in [2.75, 3.05) is 0 Å². The van der Waals surface area contributed by atoms with Crippen molar-refractivity contribution in [2.24, 2.45) is 5.73 Å². The Morgan fingerprint density at radius 1 is 1.45 bits per heavy atom. The molecule has 1 rings (SSSR count). The Kier molecular flexibility index (Phi) is 4.53. The van der Waals surface area contributed by atoms with E-state index in [1.54, 1.807) is 20.8 Å². The van der Waals surface area contributed by atoms with Gasteiger partial charge in [-0.15, -0.1) is 0 Å². The molecule has 1 amide bonds. The molecule has 0 aromatic heterocycles. The summed E-state index contributed by atoms with van der Waals surface area (Å²) >= 11 is 0. The highest BCUT2D eigenvalue weighted by atomic mass is 32.2. The molecule has 0 saturated carbocycles. The lowest BCUT2D eigenvalue weighted by Crippen LogP contribution is -2.45. The number of nitrogens with two attached hydrogens (primary N) is 1. The number of nitrogens with zero attached hydrogens (tertiary/aromatic N) is 1. The number of rotatable bonds is 5. The zero-order valence-electron chi connectivity index (χ0n) is 11.6. The van der Waals surface area contributed by atoms with Crippen LogP contribution in [0.15, 0.2) is 23.1 Å². The summed E-state index contributed by atoms with van der Waals surface area (Å²) in [6, 6.07) is 6.19. The van der Waals surface area contributed by atoms with E-state index in [9.17, 15) is 13.2 Å². The number of hydrogen-bond acceptors (Lipinski definition) is 4. The van der Waals surface area contributed by atoms with E-state index < -0.39 is 21.5 Å². The zero-order chi connectivity index (χ0) is 15.6. The van der Waals surface area contributed by atoms with Gasteiger partial charge in [0.05, 0.1) is 16.5 Å². The highest BCUT2D eigenvalue weighted by Gasteiger charge is 2.28. The Morgan fingerprint density at radius 2 is 2.05 bits per heavy atom. The molecule has 1 aromatic rings. The van der Waals surface area contributed by atoms with E-state index in [1.807, 2.05) is 6.07 Å². The molecular weight excluding hydrogens is 278 g/mol. The van der Waals surface area contributed by atoms with E-state index in [2.05, 4.69) is 4.72 Å². The second-order valence-corrected chi connectivity index (χ2v) is 6.90. The topological polar surface area (TPSA) is 113 Å². The fourth-order valence-electron chi connectivity index (χ4n) is 1.82. The number of aryl methyl sites for hydroxylation is 1. The number of benzene rings is 1. The quantitative estimate of drug-likeness (QED) is 0.836. The number of nitriles is 1. The van der Waals surface area contributed by atoms with E-state index in [1.165, 1.54) is 18.2 Å². The summed E-state index contributed by atoms with van der Waals surface area (Å²) in [5.74, 6) is -0.589.